The second kappa shape index (κ2) is 7.62. The summed E-state index contributed by atoms with van der Waals surface area (Å²) >= 11 is 0. The third-order valence-corrected chi connectivity index (χ3v) is 4.49. The molecule has 1 saturated heterocycles. The monoisotopic (exact) mass is 281 g/mol. The average Bonchev–Trinajstić information content (AvgIpc) is 2.77. The van der Waals surface area contributed by atoms with Crippen LogP contribution in [0.3, 0.4) is 0 Å². The van der Waals surface area contributed by atoms with Gasteiger partial charge >= 0.3 is 6.03 Å². The molecule has 1 aliphatic carbocycles. The molecule has 20 heavy (non-hydrogen) atoms. The molecule has 0 aromatic carbocycles. The van der Waals surface area contributed by atoms with Gasteiger partial charge < -0.3 is 5.32 Å². The van der Waals surface area contributed by atoms with E-state index in [0.29, 0.717) is 0 Å². The Morgan fingerprint density at radius 1 is 1.00 bits per heavy atom. The van der Waals surface area contributed by atoms with E-state index in [9.17, 15) is 9.59 Å². The number of urea groups is 1. The van der Waals surface area contributed by atoms with E-state index in [0.717, 1.165) is 38.8 Å². The summed E-state index contributed by atoms with van der Waals surface area (Å²) in [5, 5.41) is 5.38. The van der Waals surface area contributed by atoms with Crippen molar-refractivity contribution in [3.05, 3.63) is 0 Å². The number of likely N-dealkylation sites (tertiary alicyclic amines) is 1. The molecule has 2 N–H and O–H groups in total. The number of nitrogens with zero attached hydrogens (tertiary/aromatic N) is 1. The van der Waals surface area contributed by atoms with Gasteiger partial charge in [0.15, 0.2) is 0 Å². The number of imide groups is 1. The van der Waals surface area contributed by atoms with E-state index in [4.69, 9.17) is 0 Å². The minimum atomic E-state index is -0.330. The number of amides is 3. The molecule has 5 heteroatoms. The van der Waals surface area contributed by atoms with Crippen LogP contribution in [-0.4, -0.2) is 42.0 Å². The van der Waals surface area contributed by atoms with E-state index in [-0.39, 0.29) is 24.0 Å². The fraction of sp³-hybridized carbons (Fsp3) is 0.867. The number of carbonyl (C=O) groups is 2. The van der Waals surface area contributed by atoms with Crippen LogP contribution in [0.2, 0.25) is 0 Å². The number of nitrogens with one attached hydrogen (secondary N) is 2. The lowest BCUT2D eigenvalue weighted by Gasteiger charge is -2.26. The van der Waals surface area contributed by atoms with Crippen molar-refractivity contribution in [2.45, 2.75) is 70.4 Å². The zero-order chi connectivity index (χ0) is 14.4. The molecule has 2 rings (SSSR count). The van der Waals surface area contributed by atoms with Gasteiger partial charge in [-0.1, -0.05) is 25.7 Å². The second-order valence-electron chi connectivity index (χ2n) is 6.07. The molecule has 3 amide bonds. The summed E-state index contributed by atoms with van der Waals surface area (Å²) in [5.74, 6) is -0.178. The summed E-state index contributed by atoms with van der Waals surface area (Å²) in [5.41, 5.74) is 0. The van der Waals surface area contributed by atoms with Gasteiger partial charge in [0.1, 0.15) is 0 Å². The Labute approximate surface area is 121 Å². The van der Waals surface area contributed by atoms with Gasteiger partial charge in [-0.2, -0.15) is 0 Å². The highest BCUT2D eigenvalue weighted by Crippen LogP contribution is 2.17. The molecule has 114 valence electrons. The van der Waals surface area contributed by atoms with Crippen molar-refractivity contribution in [2.24, 2.45) is 0 Å². The predicted octanol–water partition coefficient (Wildman–Crippen LogP) is 2.02. The summed E-state index contributed by atoms with van der Waals surface area (Å²) in [6, 6.07) is -0.303. The minimum Gasteiger partial charge on any atom is -0.335 e. The summed E-state index contributed by atoms with van der Waals surface area (Å²) in [6.07, 6.45) is 9.18. The largest absolute Gasteiger partial charge is 0.335 e. The van der Waals surface area contributed by atoms with E-state index < -0.39 is 0 Å². The molecule has 5 nitrogen and oxygen atoms in total. The van der Waals surface area contributed by atoms with Crippen LogP contribution in [0.4, 0.5) is 4.79 Å². The Morgan fingerprint density at radius 3 is 2.20 bits per heavy atom. The average molecular weight is 281 g/mol. The van der Waals surface area contributed by atoms with E-state index >= 15 is 0 Å². The zero-order valence-corrected chi connectivity index (χ0v) is 12.5. The first-order valence-corrected chi connectivity index (χ1v) is 8.02. The summed E-state index contributed by atoms with van der Waals surface area (Å²) < 4.78 is 0. The van der Waals surface area contributed by atoms with E-state index in [2.05, 4.69) is 15.5 Å². The molecule has 1 aliphatic heterocycles. The zero-order valence-electron chi connectivity index (χ0n) is 12.5. The summed E-state index contributed by atoms with van der Waals surface area (Å²) in [4.78, 5) is 26.1. The van der Waals surface area contributed by atoms with Gasteiger partial charge in [-0.3, -0.25) is 15.0 Å². The molecule has 0 radical (unpaired) electrons. The second-order valence-corrected chi connectivity index (χ2v) is 6.07. The lowest BCUT2D eigenvalue weighted by Crippen LogP contribution is -2.51. The Hall–Kier alpha value is -1.10. The van der Waals surface area contributed by atoms with E-state index in [1.165, 1.54) is 25.7 Å². The van der Waals surface area contributed by atoms with Crippen molar-refractivity contribution in [1.29, 1.82) is 0 Å². The molecule has 1 unspecified atom stereocenters. The van der Waals surface area contributed by atoms with Crippen molar-refractivity contribution in [1.82, 2.24) is 15.5 Å². The third kappa shape index (κ3) is 4.47. The first kappa shape index (κ1) is 15.3. The fourth-order valence-corrected chi connectivity index (χ4v) is 3.16. The molecule has 0 bridgehead atoms. The fourth-order valence-electron chi connectivity index (χ4n) is 3.16. The first-order valence-electron chi connectivity index (χ1n) is 8.02. The van der Waals surface area contributed by atoms with Gasteiger partial charge in [-0.15, -0.1) is 0 Å². The van der Waals surface area contributed by atoms with Gasteiger partial charge in [-0.05, 0) is 45.7 Å². The Bertz CT molecular complexity index is 332. The van der Waals surface area contributed by atoms with E-state index in [1.807, 2.05) is 6.92 Å². The highest BCUT2D eigenvalue weighted by atomic mass is 16.2. The van der Waals surface area contributed by atoms with Crippen molar-refractivity contribution >= 4 is 11.9 Å². The molecule has 1 saturated carbocycles. The summed E-state index contributed by atoms with van der Waals surface area (Å²) in [6.45, 7) is 3.81. The van der Waals surface area contributed by atoms with Crippen LogP contribution in [0.15, 0.2) is 0 Å². The minimum absolute atomic E-state index is 0.178. The van der Waals surface area contributed by atoms with Gasteiger partial charge in [0.25, 0.3) is 0 Å². The van der Waals surface area contributed by atoms with Gasteiger partial charge in [0.05, 0.1) is 6.04 Å². The molecule has 0 aromatic heterocycles. The maximum Gasteiger partial charge on any atom is 0.321 e. The van der Waals surface area contributed by atoms with Crippen LogP contribution in [-0.2, 0) is 4.79 Å². The first-order chi connectivity index (χ1) is 9.66. The van der Waals surface area contributed by atoms with Crippen LogP contribution in [0.1, 0.15) is 58.3 Å². The molecule has 0 aromatic rings. The lowest BCUT2D eigenvalue weighted by atomic mass is 10.2. The maximum absolute atomic E-state index is 12.1. The maximum atomic E-state index is 12.1. The molecule has 0 spiro atoms. The Balaban J connectivity index is 1.75. The van der Waals surface area contributed by atoms with E-state index in [1.54, 1.807) is 0 Å². The molecule has 1 atom stereocenters. The van der Waals surface area contributed by atoms with Gasteiger partial charge in [0.2, 0.25) is 5.91 Å². The Kier molecular flexibility index (Phi) is 5.83. The van der Waals surface area contributed by atoms with Gasteiger partial charge in [-0.25, -0.2) is 4.79 Å². The lowest BCUT2D eigenvalue weighted by molar-refractivity contribution is -0.124. The molecule has 1 heterocycles. The van der Waals surface area contributed by atoms with Crippen molar-refractivity contribution in [3.8, 4) is 0 Å². The number of carbonyl (C=O) groups excluding carboxylic acids is 2. The number of hydrogen-bond donors (Lipinski definition) is 2. The van der Waals surface area contributed by atoms with Crippen LogP contribution in [0.25, 0.3) is 0 Å². The number of hydrogen-bond acceptors (Lipinski definition) is 3. The SMILES string of the molecule is CC(C(=O)NC(=O)NC1CCCC1)N1CCCCCC1. The van der Waals surface area contributed by atoms with Crippen LogP contribution in [0.5, 0.6) is 0 Å². The predicted molar refractivity (Wildman–Crippen MR) is 78.4 cm³/mol. The quantitative estimate of drug-likeness (QED) is 0.832. The third-order valence-electron chi connectivity index (χ3n) is 4.49. The molecule has 2 aliphatic rings. The Morgan fingerprint density at radius 2 is 1.60 bits per heavy atom. The molecule has 2 fully saturated rings. The smallest absolute Gasteiger partial charge is 0.321 e. The van der Waals surface area contributed by atoms with Gasteiger partial charge in [0, 0.05) is 6.04 Å². The normalized spacial score (nSPS) is 23.1. The topological polar surface area (TPSA) is 61.4 Å². The highest BCUT2D eigenvalue weighted by molar-refractivity contribution is 5.96. The number of rotatable bonds is 3. The van der Waals surface area contributed by atoms with Crippen molar-refractivity contribution in [3.63, 3.8) is 0 Å². The van der Waals surface area contributed by atoms with Crippen molar-refractivity contribution in [2.75, 3.05) is 13.1 Å². The van der Waals surface area contributed by atoms with Crippen molar-refractivity contribution < 1.29 is 9.59 Å². The van der Waals surface area contributed by atoms with Crippen LogP contribution < -0.4 is 10.6 Å². The highest BCUT2D eigenvalue weighted by Gasteiger charge is 2.24. The molecular weight excluding hydrogens is 254 g/mol. The van der Waals surface area contributed by atoms with Crippen LogP contribution >= 0.6 is 0 Å². The summed E-state index contributed by atoms with van der Waals surface area (Å²) in [7, 11) is 0. The standard InChI is InChI=1S/C15H27N3O2/c1-12(18-10-6-2-3-7-11-18)14(19)17-15(20)16-13-8-4-5-9-13/h12-13H,2-11H2,1H3,(H2,16,17,19,20). The van der Waals surface area contributed by atoms with Crippen LogP contribution in [0, 0.1) is 0 Å². The molecular formula is C15H27N3O2.